The average Bonchev–Trinajstić information content (AvgIpc) is 3.62. The number of unbranched alkanes of at least 4 members (excludes halogenated alkanes) is 5. The first-order chi connectivity index (χ1) is 35.1. The van der Waals surface area contributed by atoms with Gasteiger partial charge in [-0.1, -0.05) is 142 Å². The third-order valence-corrected chi connectivity index (χ3v) is 13.0. The molecule has 73 heavy (non-hydrogen) atoms. The number of nitrogens with two attached hydrogens (primary N) is 1. The van der Waals surface area contributed by atoms with Gasteiger partial charge in [-0.2, -0.15) is 9.29 Å². The smallest absolute Gasteiger partial charge is 0.462 e. The van der Waals surface area contributed by atoms with Gasteiger partial charge in [0, 0.05) is 19.0 Å². The summed E-state index contributed by atoms with van der Waals surface area (Å²) in [5, 5.41) is 31.0. The first kappa shape index (κ1) is 64.5. The van der Waals surface area contributed by atoms with Crippen LogP contribution >= 0.6 is 15.6 Å². The number of aromatic nitrogens is 2. The third-order valence-electron chi connectivity index (χ3n) is 10.4. The molecule has 2 heterocycles. The molecular weight excluding hydrogens is 985 g/mol. The van der Waals surface area contributed by atoms with E-state index < -0.39 is 89.8 Å². The summed E-state index contributed by atoms with van der Waals surface area (Å²) in [5.74, 6) is -1.47. The topological polar surface area (TPSA) is 286 Å². The van der Waals surface area contributed by atoms with Gasteiger partial charge in [-0.05, 0) is 83.1 Å². The number of aliphatic hydroxyl groups is 3. The van der Waals surface area contributed by atoms with Crippen molar-refractivity contribution in [2.24, 2.45) is 0 Å². The van der Waals surface area contributed by atoms with Crippen LogP contribution in [0.3, 0.4) is 0 Å². The number of esters is 2. The van der Waals surface area contributed by atoms with Crippen molar-refractivity contribution in [3.05, 3.63) is 132 Å². The summed E-state index contributed by atoms with van der Waals surface area (Å²) in [4.78, 5) is 61.9. The van der Waals surface area contributed by atoms with Gasteiger partial charge in [0.25, 0.3) is 0 Å². The highest BCUT2D eigenvalue weighted by atomic mass is 31.3. The van der Waals surface area contributed by atoms with Crippen LogP contribution in [0.25, 0.3) is 0 Å². The number of hydrogen-bond acceptors (Lipinski definition) is 16. The Morgan fingerprint density at radius 1 is 0.726 bits per heavy atom. The minimum Gasteiger partial charge on any atom is -0.462 e. The molecule has 8 atom stereocenters. The number of anilines is 1. The molecule has 1 saturated heterocycles. The van der Waals surface area contributed by atoms with Gasteiger partial charge >= 0.3 is 33.3 Å². The second-order valence-electron chi connectivity index (χ2n) is 16.7. The van der Waals surface area contributed by atoms with Crippen molar-refractivity contribution in [3.8, 4) is 0 Å². The quantitative estimate of drug-likeness (QED) is 0.0118. The summed E-state index contributed by atoms with van der Waals surface area (Å²) in [7, 11) is -10.9. The highest BCUT2D eigenvalue weighted by Crippen LogP contribution is 2.60. The number of phosphoric acid groups is 2. The number of hydrogen-bond donors (Lipinski definition) is 6. The highest BCUT2D eigenvalue weighted by molar-refractivity contribution is 7.61. The summed E-state index contributed by atoms with van der Waals surface area (Å²) in [6.07, 6.45) is 40.7. The van der Waals surface area contributed by atoms with E-state index in [2.05, 4.69) is 71.8 Å². The van der Waals surface area contributed by atoms with Crippen LogP contribution in [0.2, 0.25) is 0 Å². The van der Waals surface area contributed by atoms with E-state index in [4.69, 9.17) is 29.0 Å². The van der Waals surface area contributed by atoms with Gasteiger partial charge in [0.2, 0.25) is 0 Å². The van der Waals surface area contributed by atoms with Crippen molar-refractivity contribution in [2.45, 2.75) is 160 Å². The Balaban J connectivity index is 1.87. The highest BCUT2D eigenvalue weighted by Gasteiger charge is 2.46. The Morgan fingerprint density at radius 3 is 1.96 bits per heavy atom. The molecule has 0 bridgehead atoms. The predicted molar refractivity (Wildman–Crippen MR) is 280 cm³/mol. The molecule has 0 amide bonds. The molecule has 0 radical (unpaired) electrons. The molecule has 21 heteroatoms. The van der Waals surface area contributed by atoms with Crippen LogP contribution in [0, 0.1) is 0 Å². The van der Waals surface area contributed by atoms with Crippen molar-refractivity contribution in [1.29, 1.82) is 0 Å². The molecule has 7 N–H and O–H groups in total. The number of carbonyl (C=O) groups is 2. The maximum absolute atomic E-state index is 12.8. The summed E-state index contributed by atoms with van der Waals surface area (Å²) >= 11 is 0. The van der Waals surface area contributed by atoms with E-state index in [-0.39, 0.29) is 25.1 Å². The number of ether oxygens (including phenoxy) is 3. The second kappa shape index (κ2) is 38.9. The number of carbonyl (C=O) groups excluding carboxylic acids is 2. The summed E-state index contributed by atoms with van der Waals surface area (Å²) < 4.78 is 56.6. The number of allylic oxidation sites excluding steroid dienone is 16. The summed E-state index contributed by atoms with van der Waals surface area (Å²) in [5.41, 5.74) is 4.57. The normalized spacial score (nSPS) is 20.3. The van der Waals surface area contributed by atoms with Crippen LogP contribution in [0.4, 0.5) is 5.82 Å². The van der Waals surface area contributed by atoms with Gasteiger partial charge in [-0.25, -0.2) is 13.9 Å². The van der Waals surface area contributed by atoms with E-state index in [1.54, 1.807) is 18.2 Å². The largest absolute Gasteiger partial charge is 0.481 e. The fourth-order valence-corrected chi connectivity index (χ4v) is 8.72. The van der Waals surface area contributed by atoms with Crippen molar-refractivity contribution in [1.82, 2.24) is 9.55 Å². The zero-order valence-corrected chi connectivity index (χ0v) is 44.0. The van der Waals surface area contributed by atoms with Crippen LogP contribution in [-0.2, 0) is 46.3 Å². The van der Waals surface area contributed by atoms with Gasteiger partial charge in [-0.15, -0.1) is 0 Å². The lowest BCUT2D eigenvalue weighted by Crippen LogP contribution is -2.36. The molecular formula is C52H79N3O16P2. The second-order valence-corrected chi connectivity index (χ2v) is 19.8. The minimum absolute atomic E-state index is 0.0746. The standard InChI is InChI=1S/C52H79N3O16P2/c1-3-5-7-9-11-12-13-14-15-16-17-21-24-28-32-36-47(57)66-40-44(69-48(58)37-33-29-25-22-19-18-20-23-27-31-35-43(56)34-30-26-10-8-6-4-2)41-67-72(62,63)71-73(64,65)68-42-45-49(59)50(60)51(70-45)55-39-38-46(53)54-52(55)61/h5-8,11-12,14-15,18-19,23,25-27,29-31,35,38-39,43-45,49-51,56,59-60H,3-4,9-10,13,16-17,20-22,24,28,32-34,36-37,40-42H2,1-2H3,(H,62,63)(H,64,65)(H2,53,54,61)/b7-5-,8-6-,12-11-,15-14-,19-18-,27-23-,29-25-,30-26-,35-31+/t43?,44-,45-,49-,50-,51-/m1/s1. The van der Waals surface area contributed by atoms with E-state index in [9.17, 15) is 48.6 Å². The van der Waals surface area contributed by atoms with Crippen molar-refractivity contribution < 1.29 is 71.4 Å². The Labute approximate surface area is 430 Å². The van der Waals surface area contributed by atoms with Crippen molar-refractivity contribution >= 4 is 33.4 Å². The third kappa shape index (κ3) is 31.7. The lowest BCUT2D eigenvalue weighted by atomic mass is 10.1. The Morgan fingerprint density at radius 2 is 1.30 bits per heavy atom. The number of aliphatic hydroxyl groups excluding tert-OH is 3. The van der Waals surface area contributed by atoms with Crippen LogP contribution in [0.5, 0.6) is 0 Å². The molecule has 408 valence electrons. The fourth-order valence-electron chi connectivity index (χ4n) is 6.61. The first-order valence-electron chi connectivity index (χ1n) is 25.0. The van der Waals surface area contributed by atoms with E-state index >= 15 is 0 Å². The maximum atomic E-state index is 12.8. The first-order valence-corrected chi connectivity index (χ1v) is 28.0. The van der Waals surface area contributed by atoms with Crippen molar-refractivity contribution in [2.75, 3.05) is 25.6 Å². The zero-order valence-electron chi connectivity index (χ0n) is 42.2. The zero-order chi connectivity index (χ0) is 53.6. The molecule has 19 nitrogen and oxygen atoms in total. The van der Waals surface area contributed by atoms with Crippen molar-refractivity contribution in [3.63, 3.8) is 0 Å². The molecule has 1 aromatic rings. The number of nitrogens with zero attached hydrogens (tertiary/aromatic N) is 2. The van der Waals surface area contributed by atoms with Gasteiger partial charge in [0.1, 0.15) is 30.7 Å². The fraction of sp³-hybridized carbons (Fsp3) is 0.538. The Hall–Kier alpha value is -4.62. The van der Waals surface area contributed by atoms with Crippen LogP contribution in [-0.4, -0.2) is 96.9 Å². The molecule has 1 fully saturated rings. The lowest BCUT2D eigenvalue weighted by molar-refractivity contribution is -0.161. The van der Waals surface area contributed by atoms with E-state index in [0.717, 1.165) is 75.0 Å². The van der Waals surface area contributed by atoms with E-state index in [1.165, 1.54) is 6.07 Å². The molecule has 0 aliphatic carbocycles. The molecule has 2 rings (SSSR count). The lowest BCUT2D eigenvalue weighted by Gasteiger charge is -2.21. The molecule has 3 unspecified atom stereocenters. The maximum Gasteiger partial charge on any atom is 0.481 e. The summed E-state index contributed by atoms with van der Waals surface area (Å²) in [6, 6.07) is 1.24. The predicted octanol–water partition coefficient (Wildman–Crippen LogP) is 9.19. The number of phosphoric ester groups is 2. The molecule has 0 aromatic carbocycles. The van der Waals surface area contributed by atoms with E-state index in [1.807, 2.05) is 42.5 Å². The van der Waals surface area contributed by atoms with Gasteiger partial charge in [0.15, 0.2) is 12.3 Å². The van der Waals surface area contributed by atoms with Gasteiger partial charge in [-0.3, -0.25) is 23.2 Å². The molecule has 0 spiro atoms. The molecule has 1 aliphatic rings. The monoisotopic (exact) mass is 1060 g/mol. The van der Waals surface area contributed by atoms with Crippen LogP contribution < -0.4 is 11.4 Å². The minimum atomic E-state index is -5.46. The Kier molecular flexibility index (Phi) is 34.4. The number of rotatable bonds is 39. The van der Waals surface area contributed by atoms with Gasteiger partial charge in [0.05, 0.1) is 19.3 Å². The molecule has 0 saturated carbocycles. The SMILES string of the molecule is CC/C=C\C/C=C\C/C=C\CCCCCCCC(=O)OC[C@H](COP(=O)(O)OP(=O)(O)OC[C@H]1O[C@@H](n2ccc(N)nc2=O)[C@H](O)[C@@H]1O)OC(=O)CC/C=C\C/C=C\C/C=C\C=C\C(O)C/C=C\C/C=C\CC. The molecule has 1 aromatic heterocycles. The summed E-state index contributed by atoms with van der Waals surface area (Å²) in [6.45, 7) is 1.75. The number of nitrogen functional groups attached to an aromatic ring is 1. The average molecular weight is 1060 g/mol. The van der Waals surface area contributed by atoms with Crippen LogP contribution in [0.15, 0.2) is 126 Å². The van der Waals surface area contributed by atoms with Crippen LogP contribution in [0.1, 0.15) is 129 Å². The Bertz CT molecular complexity index is 2170. The molecule has 1 aliphatic heterocycles. The van der Waals surface area contributed by atoms with Gasteiger partial charge < -0.3 is 45.1 Å². The van der Waals surface area contributed by atoms with E-state index in [0.29, 0.717) is 25.7 Å².